The van der Waals surface area contributed by atoms with E-state index in [1.807, 2.05) is 61.5 Å². The number of aromatic nitrogens is 2. The van der Waals surface area contributed by atoms with Gasteiger partial charge in [0.25, 0.3) is 5.91 Å². The fourth-order valence-electron chi connectivity index (χ4n) is 3.07. The molecule has 1 aliphatic rings. The van der Waals surface area contributed by atoms with Crippen LogP contribution in [0.1, 0.15) is 15.9 Å². The number of aryl methyl sites for hydroxylation is 1. The summed E-state index contributed by atoms with van der Waals surface area (Å²) in [6, 6.07) is 17.7. The van der Waals surface area contributed by atoms with Crippen LogP contribution in [0.4, 0.5) is 0 Å². The molecule has 1 N–H and O–H groups in total. The number of carbonyl (C=O) groups is 1. The van der Waals surface area contributed by atoms with Crippen molar-refractivity contribution in [2.45, 2.75) is 13.0 Å². The molecule has 3 aromatic rings. The van der Waals surface area contributed by atoms with Crippen LogP contribution in [-0.4, -0.2) is 44.9 Å². The van der Waals surface area contributed by atoms with Crippen LogP contribution in [0.15, 0.2) is 60.8 Å². The van der Waals surface area contributed by atoms with E-state index in [0.717, 1.165) is 16.8 Å². The van der Waals surface area contributed by atoms with Gasteiger partial charge in [-0.15, -0.1) is 0 Å². The molecule has 2 aromatic carbocycles. The normalized spacial score (nSPS) is 14.4. The topological polar surface area (TPSA) is 58.4 Å². The third-order valence-corrected chi connectivity index (χ3v) is 4.52. The molecule has 25 heavy (non-hydrogen) atoms. The van der Waals surface area contributed by atoms with E-state index in [9.17, 15) is 9.90 Å². The SMILES string of the molecule is Cc1ccccc1-c1nn(-c2ccccc2)cc1C(=O)N1CC(O)C1. The number of hydrogen-bond donors (Lipinski definition) is 1. The van der Waals surface area contributed by atoms with E-state index in [-0.39, 0.29) is 5.91 Å². The van der Waals surface area contributed by atoms with Crippen molar-refractivity contribution in [3.63, 3.8) is 0 Å². The van der Waals surface area contributed by atoms with Gasteiger partial charge < -0.3 is 10.0 Å². The number of likely N-dealkylation sites (tertiary alicyclic amines) is 1. The number of amides is 1. The van der Waals surface area contributed by atoms with Gasteiger partial charge in [0.1, 0.15) is 5.69 Å². The highest BCUT2D eigenvalue weighted by Gasteiger charge is 2.32. The van der Waals surface area contributed by atoms with Gasteiger partial charge in [-0.2, -0.15) is 5.10 Å². The van der Waals surface area contributed by atoms with Gasteiger partial charge in [-0.05, 0) is 24.6 Å². The van der Waals surface area contributed by atoms with Crippen LogP contribution >= 0.6 is 0 Å². The van der Waals surface area contributed by atoms with Crippen molar-refractivity contribution < 1.29 is 9.90 Å². The molecule has 0 spiro atoms. The zero-order valence-electron chi connectivity index (χ0n) is 14.0. The molecule has 0 atom stereocenters. The van der Waals surface area contributed by atoms with Gasteiger partial charge >= 0.3 is 0 Å². The van der Waals surface area contributed by atoms with Crippen molar-refractivity contribution in [2.75, 3.05) is 13.1 Å². The number of para-hydroxylation sites is 1. The lowest BCUT2D eigenvalue weighted by molar-refractivity contribution is 0.00594. The van der Waals surface area contributed by atoms with E-state index in [0.29, 0.717) is 24.3 Å². The van der Waals surface area contributed by atoms with Crippen LogP contribution in [0, 0.1) is 6.92 Å². The Kier molecular flexibility index (Phi) is 3.86. The first-order chi connectivity index (χ1) is 12.1. The van der Waals surface area contributed by atoms with E-state index >= 15 is 0 Å². The summed E-state index contributed by atoms with van der Waals surface area (Å²) in [4.78, 5) is 14.5. The van der Waals surface area contributed by atoms with Crippen molar-refractivity contribution in [1.29, 1.82) is 0 Å². The first-order valence-electron chi connectivity index (χ1n) is 8.32. The molecule has 0 aliphatic carbocycles. The highest BCUT2D eigenvalue weighted by atomic mass is 16.3. The maximum atomic E-state index is 12.9. The highest BCUT2D eigenvalue weighted by molar-refractivity contribution is 6.00. The Labute approximate surface area is 146 Å². The molecule has 5 nitrogen and oxygen atoms in total. The summed E-state index contributed by atoms with van der Waals surface area (Å²) in [5, 5.41) is 14.2. The van der Waals surface area contributed by atoms with Crippen LogP contribution in [0.2, 0.25) is 0 Å². The fraction of sp³-hybridized carbons (Fsp3) is 0.200. The summed E-state index contributed by atoms with van der Waals surface area (Å²) >= 11 is 0. The highest BCUT2D eigenvalue weighted by Crippen LogP contribution is 2.28. The van der Waals surface area contributed by atoms with E-state index in [4.69, 9.17) is 5.10 Å². The molecule has 1 saturated heterocycles. The van der Waals surface area contributed by atoms with Crippen LogP contribution in [0.5, 0.6) is 0 Å². The van der Waals surface area contributed by atoms with Gasteiger partial charge in [0, 0.05) is 24.8 Å². The predicted octanol–water partition coefficient (Wildman–Crippen LogP) is 2.66. The van der Waals surface area contributed by atoms with Crippen molar-refractivity contribution in [1.82, 2.24) is 14.7 Å². The third kappa shape index (κ3) is 2.83. The Morgan fingerprint density at radius 3 is 2.44 bits per heavy atom. The van der Waals surface area contributed by atoms with Gasteiger partial charge in [0.05, 0.1) is 17.4 Å². The minimum Gasteiger partial charge on any atom is -0.389 e. The number of benzene rings is 2. The molecule has 0 radical (unpaired) electrons. The first-order valence-corrected chi connectivity index (χ1v) is 8.32. The standard InChI is InChI=1S/C20H19N3O2/c1-14-7-5-6-10-17(14)19-18(20(25)22-11-16(24)12-22)13-23(21-19)15-8-3-2-4-9-15/h2-10,13,16,24H,11-12H2,1H3. The van der Waals surface area contributed by atoms with E-state index in [1.165, 1.54) is 0 Å². The lowest BCUT2D eigenvalue weighted by Crippen LogP contribution is -2.53. The molecule has 1 amide bonds. The van der Waals surface area contributed by atoms with Gasteiger partial charge in [-0.1, -0.05) is 42.5 Å². The van der Waals surface area contributed by atoms with Gasteiger partial charge in [0.2, 0.25) is 0 Å². The van der Waals surface area contributed by atoms with Crippen molar-refractivity contribution in [2.24, 2.45) is 0 Å². The largest absolute Gasteiger partial charge is 0.389 e. The van der Waals surface area contributed by atoms with Crippen LogP contribution < -0.4 is 0 Å². The fourth-order valence-corrected chi connectivity index (χ4v) is 3.07. The second-order valence-corrected chi connectivity index (χ2v) is 6.35. The number of aliphatic hydroxyl groups excluding tert-OH is 1. The molecule has 1 aliphatic heterocycles. The van der Waals surface area contributed by atoms with Crippen molar-refractivity contribution >= 4 is 5.91 Å². The number of nitrogens with zero attached hydrogens (tertiary/aromatic N) is 3. The monoisotopic (exact) mass is 333 g/mol. The van der Waals surface area contributed by atoms with Crippen LogP contribution in [0.25, 0.3) is 16.9 Å². The minimum absolute atomic E-state index is 0.0919. The molecule has 0 unspecified atom stereocenters. The number of rotatable bonds is 3. The van der Waals surface area contributed by atoms with Crippen molar-refractivity contribution in [3.8, 4) is 16.9 Å². The maximum Gasteiger partial charge on any atom is 0.257 e. The number of carbonyl (C=O) groups excluding carboxylic acids is 1. The van der Waals surface area contributed by atoms with Gasteiger partial charge in [0.15, 0.2) is 0 Å². The lowest BCUT2D eigenvalue weighted by Gasteiger charge is -2.35. The number of aliphatic hydroxyl groups is 1. The molecule has 1 fully saturated rings. The second-order valence-electron chi connectivity index (χ2n) is 6.35. The molecule has 126 valence electrons. The Hall–Kier alpha value is -2.92. The third-order valence-electron chi connectivity index (χ3n) is 4.52. The van der Waals surface area contributed by atoms with Crippen molar-refractivity contribution in [3.05, 3.63) is 71.9 Å². The van der Waals surface area contributed by atoms with Crippen LogP contribution in [-0.2, 0) is 0 Å². The molecule has 0 saturated carbocycles. The molecule has 5 heteroatoms. The average molecular weight is 333 g/mol. The molecule has 2 heterocycles. The van der Waals surface area contributed by atoms with Crippen LogP contribution in [0.3, 0.4) is 0 Å². The average Bonchev–Trinajstić information content (AvgIpc) is 3.05. The summed E-state index contributed by atoms with van der Waals surface area (Å²) in [5.41, 5.74) is 4.15. The molecule has 4 rings (SSSR count). The second kappa shape index (κ2) is 6.18. The maximum absolute atomic E-state index is 12.9. The quantitative estimate of drug-likeness (QED) is 0.802. The summed E-state index contributed by atoms with van der Waals surface area (Å²) < 4.78 is 1.74. The summed E-state index contributed by atoms with van der Waals surface area (Å²) in [6.45, 7) is 2.77. The summed E-state index contributed by atoms with van der Waals surface area (Å²) in [6.07, 6.45) is 1.36. The predicted molar refractivity (Wildman–Crippen MR) is 95.6 cm³/mol. The van der Waals surface area contributed by atoms with Gasteiger partial charge in [-0.25, -0.2) is 4.68 Å². The minimum atomic E-state index is -0.421. The van der Waals surface area contributed by atoms with E-state index < -0.39 is 6.10 Å². The number of β-amino-alcohol motifs (C(OH)–C–C–N with tert-alkyl or cyclic N) is 1. The molecular formula is C20H19N3O2. The Bertz CT molecular complexity index is 912. The summed E-state index contributed by atoms with van der Waals surface area (Å²) in [7, 11) is 0. The van der Waals surface area contributed by atoms with E-state index in [1.54, 1.807) is 15.8 Å². The molecule has 1 aromatic heterocycles. The zero-order chi connectivity index (χ0) is 17.4. The summed E-state index contributed by atoms with van der Waals surface area (Å²) in [5.74, 6) is -0.0919. The Morgan fingerprint density at radius 2 is 1.76 bits per heavy atom. The van der Waals surface area contributed by atoms with E-state index in [2.05, 4.69) is 0 Å². The number of hydrogen-bond acceptors (Lipinski definition) is 3. The smallest absolute Gasteiger partial charge is 0.257 e. The van der Waals surface area contributed by atoms with Gasteiger partial charge in [-0.3, -0.25) is 4.79 Å². The molecule has 0 bridgehead atoms. The zero-order valence-corrected chi connectivity index (χ0v) is 14.0. The Balaban J connectivity index is 1.82. The molecular weight excluding hydrogens is 314 g/mol. The Morgan fingerprint density at radius 1 is 1.08 bits per heavy atom. The lowest BCUT2D eigenvalue weighted by atomic mass is 10.0. The first kappa shape index (κ1) is 15.6.